The molecule has 2 amide bonds. The summed E-state index contributed by atoms with van der Waals surface area (Å²) in [6.45, 7) is 11.1. The Labute approximate surface area is 132 Å². The molecule has 0 aromatic heterocycles. The third-order valence-corrected chi connectivity index (χ3v) is 4.21. The monoisotopic (exact) mass is 313 g/mol. The van der Waals surface area contributed by atoms with Crippen LogP contribution in [0.1, 0.15) is 54.4 Å². The van der Waals surface area contributed by atoms with Gasteiger partial charge in [0.05, 0.1) is 5.60 Å². The van der Waals surface area contributed by atoms with Gasteiger partial charge in [-0.15, -0.1) is 0 Å². The van der Waals surface area contributed by atoms with Gasteiger partial charge in [-0.1, -0.05) is 6.92 Å². The number of imide groups is 1. The van der Waals surface area contributed by atoms with Gasteiger partial charge < -0.3 is 4.74 Å². The van der Waals surface area contributed by atoms with Crippen molar-refractivity contribution < 1.29 is 24.1 Å². The summed E-state index contributed by atoms with van der Waals surface area (Å²) in [6, 6.07) is 0. The summed E-state index contributed by atoms with van der Waals surface area (Å²) in [5.74, 6) is -1.54. The zero-order chi connectivity index (χ0) is 17.1. The van der Waals surface area contributed by atoms with Crippen molar-refractivity contribution in [2.45, 2.75) is 65.8 Å². The summed E-state index contributed by atoms with van der Waals surface area (Å²) in [5, 5.41) is 0. The predicted molar refractivity (Wildman–Crippen MR) is 81.7 cm³/mol. The van der Waals surface area contributed by atoms with Gasteiger partial charge in [0.1, 0.15) is 0 Å². The predicted octanol–water partition coefficient (Wildman–Crippen LogP) is 2.58. The lowest BCUT2D eigenvalue weighted by Crippen LogP contribution is -2.41. The van der Waals surface area contributed by atoms with Crippen molar-refractivity contribution in [2.24, 2.45) is 0 Å². The lowest BCUT2D eigenvalue weighted by Gasteiger charge is -2.32. The Morgan fingerprint density at radius 3 is 1.91 bits per heavy atom. The van der Waals surface area contributed by atoms with Crippen LogP contribution in [0.3, 0.4) is 0 Å². The Bertz CT molecular complexity index is 459. The van der Waals surface area contributed by atoms with Crippen LogP contribution in [0.15, 0.2) is 11.1 Å². The highest BCUT2D eigenvalue weighted by Crippen LogP contribution is 2.25. The number of carbonyl (C=O) groups is 2. The molecule has 126 valence electrons. The fourth-order valence-electron chi connectivity index (χ4n) is 1.77. The minimum atomic E-state index is -1.03. The molecule has 1 aliphatic heterocycles. The van der Waals surface area contributed by atoms with E-state index in [0.717, 1.165) is 6.42 Å². The third-order valence-electron chi connectivity index (χ3n) is 4.21. The van der Waals surface area contributed by atoms with E-state index in [9.17, 15) is 9.59 Å². The number of amides is 2. The number of hydrogen-bond acceptors (Lipinski definition) is 5. The van der Waals surface area contributed by atoms with Crippen LogP contribution in [0.5, 0.6) is 0 Å². The minimum absolute atomic E-state index is 0.215. The van der Waals surface area contributed by atoms with Crippen LogP contribution in [0.2, 0.25) is 0 Å². The molecular formula is C16H27NO5. The molecule has 0 N–H and O–H groups in total. The summed E-state index contributed by atoms with van der Waals surface area (Å²) >= 11 is 0. The number of hydrogen-bond donors (Lipinski definition) is 0. The van der Waals surface area contributed by atoms with Crippen LogP contribution >= 0.6 is 0 Å². The van der Waals surface area contributed by atoms with E-state index in [4.69, 9.17) is 14.5 Å². The molecule has 1 unspecified atom stereocenters. The van der Waals surface area contributed by atoms with Crippen molar-refractivity contribution in [1.29, 1.82) is 0 Å². The fourth-order valence-corrected chi connectivity index (χ4v) is 1.77. The molecule has 22 heavy (non-hydrogen) atoms. The first-order chi connectivity index (χ1) is 10.1. The molecule has 1 heterocycles. The smallest absolute Gasteiger partial charge is 0.256 e. The standard InChI is InChI=1S/C16H27NO5/c1-8-15(4,5)21-22-16(6,20-7)9-10-17-13(18)11(2)12(3)14(17)19/h8-10H2,1-7H3. The second-order valence-corrected chi connectivity index (χ2v) is 6.38. The maximum Gasteiger partial charge on any atom is 0.256 e. The lowest BCUT2D eigenvalue weighted by atomic mass is 10.1. The molecule has 0 saturated carbocycles. The van der Waals surface area contributed by atoms with Crippen LogP contribution in [-0.4, -0.2) is 41.8 Å². The van der Waals surface area contributed by atoms with E-state index in [1.165, 1.54) is 12.0 Å². The molecule has 0 aromatic carbocycles. The van der Waals surface area contributed by atoms with E-state index in [1.807, 2.05) is 20.8 Å². The van der Waals surface area contributed by atoms with Gasteiger partial charge in [-0.25, -0.2) is 9.78 Å². The quantitative estimate of drug-likeness (QED) is 0.298. The Kier molecular flexibility index (Phi) is 5.89. The van der Waals surface area contributed by atoms with Gasteiger partial charge in [0.2, 0.25) is 0 Å². The number of carbonyl (C=O) groups excluding carboxylic acids is 2. The van der Waals surface area contributed by atoms with E-state index in [0.29, 0.717) is 17.6 Å². The van der Waals surface area contributed by atoms with Crippen LogP contribution in [0.4, 0.5) is 0 Å². The molecule has 6 heteroatoms. The van der Waals surface area contributed by atoms with Crippen LogP contribution < -0.4 is 0 Å². The molecule has 6 nitrogen and oxygen atoms in total. The zero-order valence-electron chi connectivity index (χ0n) is 14.6. The second-order valence-electron chi connectivity index (χ2n) is 6.38. The van der Waals surface area contributed by atoms with E-state index in [-0.39, 0.29) is 18.4 Å². The van der Waals surface area contributed by atoms with Gasteiger partial charge in [0.15, 0.2) is 5.79 Å². The molecule has 0 aliphatic carbocycles. The Hall–Kier alpha value is -1.24. The largest absolute Gasteiger partial charge is 0.351 e. The van der Waals surface area contributed by atoms with E-state index >= 15 is 0 Å². The molecule has 0 fully saturated rings. The maximum atomic E-state index is 12.0. The van der Waals surface area contributed by atoms with Gasteiger partial charge in [-0.3, -0.25) is 14.5 Å². The molecule has 0 spiro atoms. The molecule has 1 atom stereocenters. The SMILES string of the molecule is CCC(C)(C)OOC(C)(CCN1C(=O)C(C)=C(C)C1=O)OC. The van der Waals surface area contributed by atoms with Gasteiger partial charge in [0, 0.05) is 31.2 Å². The van der Waals surface area contributed by atoms with E-state index in [1.54, 1.807) is 20.8 Å². The van der Waals surface area contributed by atoms with Crippen molar-refractivity contribution >= 4 is 11.8 Å². The van der Waals surface area contributed by atoms with Crippen molar-refractivity contribution in [1.82, 2.24) is 4.90 Å². The Morgan fingerprint density at radius 2 is 1.50 bits per heavy atom. The average molecular weight is 313 g/mol. The fraction of sp³-hybridized carbons (Fsp3) is 0.750. The number of methoxy groups -OCH3 is 1. The van der Waals surface area contributed by atoms with Gasteiger partial charge >= 0.3 is 0 Å². The molecule has 0 bridgehead atoms. The lowest BCUT2D eigenvalue weighted by molar-refractivity contribution is -0.455. The molecule has 0 saturated heterocycles. The highest BCUT2D eigenvalue weighted by atomic mass is 17.2. The summed E-state index contributed by atoms with van der Waals surface area (Å²) in [7, 11) is 1.50. The summed E-state index contributed by atoms with van der Waals surface area (Å²) < 4.78 is 5.35. The summed E-state index contributed by atoms with van der Waals surface area (Å²) in [6.07, 6.45) is 1.10. The summed E-state index contributed by atoms with van der Waals surface area (Å²) in [5.41, 5.74) is 0.551. The topological polar surface area (TPSA) is 65.1 Å². The van der Waals surface area contributed by atoms with Gasteiger partial charge in [-0.2, -0.15) is 0 Å². The first-order valence-corrected chi connectivity index (χ1v) is 7.52. The number of ether oxygens (including phenoxy) is 1. The van der Waals surface area contributed by atoms with Gasteiger partial charge in [0.25, 0.3) is 11.8 Å². The molecule has 0 radical (unpaired) electrons. The van der Waals surface area contributed by atoms with Crippen LogP contribution in [0.25, 0.3) is 0 Å². The molecule has 1 rings (SSSR count). The third kappa shape index (κ3) is 4.15. The Balaban J connectivity index is 2.64. The van der Waals surface area contributed by atoms with E-state index in [2.05, 4.69) is 0 Å². The average Bonchev–Trinajstić information content (AvgIpc) is 2.67. The second kappa shape index (κ2) is 6.89. The molecule has 1 aliphatic rings. The molecule has 0 aromatic rings. The Morgan fingerprint density at radius 1 is 1.00 bits per heavy atom. The first kappa shape index (κ1) is 18.8. The van der Waals surface area contributed by atoms with Crippen molar-refractivity contribution in [2.75, 3.05) is 13.7 Å². The highest BCUT2D eigenvalue weighted by Gasteiger charge is 2.36. The zero-order valence-corrected chi connectivity index (χ0v) is 14.6. The van der Waals surface area contributed by atoms with Gasteiger partial charge in [-0.05, 0) is 41.0 Å². The van der Waals surface area contributed by atoms with Crippen LogP contribution in [0, 0.1) is 0 Å². The molecular weight excluding hydrogens is 286 g/mol. The van der Waals surface area contributed by atoms with Crippen molar-refractivity contribution in [3.8, 4) is 0 Å². The summed E-state index contributed by atoms with van der Waals surface area (Å²) in [4.78, 5) is 36.1. The maximum absolute atomic E-state index is 12.0. The van der Waals surface area contributed by atoms with Crippen LogP contribution in [-0.2, 0) is 24.1 Å². The first-order valence-electron chi connectivity index (χ1n) is 7.52. The normalized spacial score (nSPS) is 19.1. The van der Waals surface area contributed by atoms with Crippen molar-refractivity contribution in [3.05, 3.63) is 11.1 Å². The number of nitrogens with zero attached hydrogens (tertiary/aromatic N) is 1. The highest BCUT2D eigenvalue weighted by molar-refractivity contribution is 6.18. The minimum Gasteiger partial charge on any atom is -0.351 e. The van der Waals surface area contributed by atoms with Crippen molar-refractivity contribution in [3.63, 3.8) is 0 Å². The van der Waals surface area contributed by atoms with E-state index < -0.39 is 11.4 Å². The number of rotatable bonds is 8.